The number of hydrogen-bond acceptors (Lipinski definition) is 2. The fourth-order valence-corrected chi connectivity index (χ4v) is 1.83. The van der Waals surface area contributed by atoms with Gasteiger partial charge in [0.1, 0.15) is 11.6 Å². The number of benzene rings is 1. The Hall–Kier alpha value is -1.39. The summed E-state index contributed by atoms with van der Waals surface area (Å²) in [5, 5.41) is 0.134. The van der Waals surface area contributed by atoms with Gasteiger partial charge in [0, 0.05) is 19.3 Å². The lowest BCUT2D eigenvalue weighted by atomic mass is 10.2. The molecular formula is C12H13ClFN3. The highest BCUT2D eigenvalue weighted by atomic mass is 35.5. The van der Waals surface area contributed by atoms with Gasteiger partial charge in [-0.3, -0.25) is 0 Å². The number of imidazole rings is 1. The third-order valence-electron chi connectivity index (χ3n) is 2.67. The molecule has 0 amide bonds. The molecule has 90 valence electrons. The Bertz CT molecular complexity index is 537. The highest BCUT2D eigenvalue weighted by Crippen LogP contribution is 2.17. The molecule has 1 aromatic carbocycles. The van der Waals surface area contributed by atoms with Gasteiger partial charge >= 0.3 is 0 Å². The molecule has 0 aliphatic rings. The van der Waals surface area contributed by atoms with Crippen LogP contribution < -0.4 is 5.73 Å². The molecule has 0 aliphatic carbocycles. The van der Waals surface area contributed by atoms with Crippen LogP contribution in [0.3, 0.4) is 0 Å². The minimum Gasteiger partial charge on any atom is -0.327 e. The fourth-order valence-electron chi connectivity index (χ4n) is 1.71. The zero-order valence-corrected chi connectivity index (χ0v) is 10.2. The van der Waals surface area contributed by atoms with Crippen molar-refractivity contribution in [1.82, 2.24) is 9.55 Å². The summed E-state index contributed by atoms with van der Waals surface area (Å²) in [5.74, 6) is 0.456. The molecule has 0 fully saturated rings. The second kappa shape index (κ2) is 4.85. The molecule has 0 unspecified atom stereocenters. The molecular weight excluding hydrogens is 241 g/mol. The first-order valence-electron chi connectivity index (χ1n) is 5.27. The van der Waals surface area contributed by atoms with Crippen LogP contribution in [0.25, 0.3) is 0 Å². The SMILES string of the molecule is Cc1ncc(CN)n1Cc1ccc(Cl)c(F)c1. The molecule has 0 saturated heterocycles. The molecule has 2 rings (SSSR count). The zero-order valence-electron chi connectivity index (χ0n) is 9.45. The number of halogens is 2. The van der Waals surface area contributed by atoms with Crippen molar-refractivity contribution in [3.8, 4) is 0 Å². The van der Waals surface area contributed by atoms with Crippen LogP contribution in [0.15, 0.2) is 24.4 Å². The molecule has 17 heavy (non-hydrogen) atoms. The second-order valence-electron chi connectivity index (χ2n) is 3.84. The first-order chi connectivity index (χ1) is 8.11. The van der Waals surface area contributed by atoms with Crippen LogP contribution in [0.4, 0.5) is 4.39 Å². The molecule has 0 bridgehead atoms. The lowest BCUT2D eigenvalue weighted by Crippen LogP contribution is -2.10. The van der Waals surface area contributed by atoms with Crippen LogP contribution in [-0.4, -0.2) is 9.55 Å². The Labute approximate surface area is 104 Å². The molecule has 0 atom stereocenters. The van der Waals surface area contributed by atoms with Gasteiger partial charge in [0.15, 0.2) is 0 Å². The van der Waals surface area contributed by atoms with E-state index in [1.807, 2.05) is 11.5 Å². The molecule has 0 spiro atoms. The lowest BCUT2D eigenvalue weighted by Gasteiger charge is -2.09. The Kier molecular flexibility index (Phi) is 3.45. The average Bonchev–Trinajstić information content (AvgIpc) is 2.65. The van der Waals surface area contributed by atoms with E-state index in [2.05, 4.69) is 4.98 Å². The first kappa shape index (κ1) is 12.1. The van der Waals surface area contributed by atoms with Crippen molar-refractivity contribution < 1.29 is 4.39 Å². The van der Waals surface area contributed by atoms with Crippen molar-refractivity contribution in [1.29, 1.82) is 0 Å². The summed E-state index contributed by atoms with van der Waals surface area (Å²) in [6.07, 6.45) is 1.74. The topological polar surface area (TPSA) is 43.8 Å². The fraction of sp³-hybridized carbons (Fsp3) is 0.250. The maximum Gasteiger partial charge on any atom is 0.142 e. The van der Waals surface area contributed by atoms with E-state index in [9.17, 15) is 4.39 Å². The number of rotatable bonds is 3. The quantitative estimate of drug-likeness (QED) is 0.913. The van der Waals surface area contributed by atoms with E-state index in [0.29, 0.717) is 13.1 Å². The smallest absolute Gasteiger partial charge is 0.142 e. The number of aryl methyl sites for hydroxylation is 1. The van der Waals surface area contributed by atoms with Crippen LogP contribution >= 0.6 is 11.6 Å². The zero-order chi connectivity index (χ0) is 12.4. The van der Waals surface area contributed by atoms with Crippen molar-refractivity contribution in [2.75, 3.05) is 0 Å². The van der Waals surface area contributed by atoms with Crippen molar-refractivity contribution in [2.45, 2.75) is 20.0 Å². The normalized spacial score (nSPS) is 10.8. The Morgan fingerprint density at radius 2 is 2.24 bits per heavy atom. The largest absolute Gasteiger partial charge is 0.327 e. The van der Waals surface area contributed by atoms with Crippen molar-refractivity contribution in [3.05, 3.63) is 52.3 Å². The molecule has 1 heterocycles. The van der Waals surface area contributed by atoms with Gasteiger partial charge < -0.3 is 10.3 Å². The molecule has 0 aliphatic heterocycles. The number of nitrogens with two attached hydrogens (primary N) is 1. The van der Waals surface area contributed by atoms with Gasteiger partial charge in [-0.05, 0) is 24.6 Å². The standard InChI is InChI=1S/C12H13ClFN3/c1-8-16-6-10(5-15)17(8)7-9-2-3-11(13)12(14)4-9/h2-4,6H,5,7,15H2,1H3. The average molecular weight is 254 g/mol. The van der Waals surface area contributed by atoms with Crippen LogP contribution in [0.2, 0.25) is 5.02 Å². The van der Waals surface area contributed by atoms with Gasteiger partial charge in [0.2, 0.25) is 0 Å². The molecule has 0 radical (unpaired) electrons. The molecule has 0 saturated carbocycles. The minimum atomic E-state index is -0.406. The summed E-state index contributed by atoms with van der Waals surface area (Å²) < 4.78 is 15.3. The summed E-state index contributed by atoms with van der Waals surface area (Å²) >= 11 is 5.64. The van der Waals surface area contributed by atoms with Crippen LogP contribution in [-0.2, 0) is 13.1 Å². The van der Waals surface area contributed by atoms with Crippen LogP contribution in [0, 0.1) is 12.7 Å². The first-order valence-corrected chi connectivity index (χ1v) is 5.64. The summed E-state index contributed by atoms with van der Waals surface area (Å²) in [6, 6.07) is 4.79. The van der Waals surface area contributed by atoms with Gasteiger partial charge in [0.05, 0.1) is 10.7 Å². The Morgan fingerprint density at radius 3 is 2.88 bits per heavy atom. The van der Waals surface area contributed by atoms with Gasteiger partial charge in [-0.2, -0.15) is 0 Å². The Morgan fingerprint density at radius 1 is 1.47 bits per heavy atom. The van der Waals surface area contributed by atoms with E-state index in [0.717, 1.165) is 17.1 Å². The van der Waals surface area contributed by atoms with E-state index in [4.69, 9.17) is 17.3 Å². The third-order valence-corrected chi connectivity index (χ3v) is 2.98. The van der Waals surface area contributed by atoms with Crippen molar-refractivity contribution in [3.63, 3.8) is 0 Å². The van der Waals surface area contributed by atoms with E-state index < -0.39 is 5.82 Å². The predicted molar refractivity (Wildman–Crippen MR) is 65.4 cm³/mol. The highest BCUT2D eigenvalue weighted by Gasteiger charge is 2.07. The van der Waals surface area contributed by atoms with Gasteiger partial charge in [-0.25, -0.2) is 9.37 Å². The third kappa shape index (κ3) is 2.48. The van der Waals surface area contributed by atoms with E-state index >= 15 is 0 Å². The minimum absolute atomic E-state index is 0.134. The molecule has 2 N–H and O–H groups in total. The lowest BCUT2D eigenvalue weighted by molar-refractivity contribution is 0.622. The summed E-state index contributed by atoms with van der Waals surface area (Å²) in [5.41, 5.74) is 7.38. The maximum absolute atomic E-state index is 13.3. The van der Waals surface area contributed by atoms with Gasteiger partial charge in [-0.1, -0.05) is 17.7 Å². The monoisotopic (exact) mass is 253 g/mol. The Balaban J connectivity index is 2.31. The molecule has 3 nitrogen and oxygen atoms in total. The predicted octanol–water partition coefficient (Wildman–Crippen LogP) is 2.49. The highest BCUT2D eigenvalue weighted by molar-refractivity contribution is 6.30. The number of aromatic nitrogens is 2. The summed E-state index contributed by atoms with van der Waals surface area (Å²) in [4.78, 5) is 4.19. The van der Waals surface area contributed by atoms with Crippen molar-refractivity contribution in [2.24, 2.45) is 5.73 Å². The van der Waals surface area contributed by atoms with Crippen LogP contribution in [0.5, 0.6) is 0 Å². The van der Waals surface area contributed by atoms with Gasteiger partial charge in [0.25, 0.3) is 0 Å². The molecule has 5 heteroatoms. The molecule has 1 aromatic heterocycles. The summed E-state index contributed by atoms with van der Waals surface area (Å²) in [7, 11) is 0. The van der Waals surface area contributed by atoms with Gasteiger partial charge in [-0.15, -0.1) is 0 Å². The van der Waals surface area contributed by atoms with E-state index in [1.165, 1.54) is 6.07 Å². The number of nitrogens with zero attached hydrogens (tertiary/aromatic N) is 2. The summed E-state index contributed by atoms with van der Waals surface area (Å²) in [6.45, 7) is 2.86. The number of hydrogen-bond donors (Lipinski definition) is 1. The van der Waals surface area contributed by atoms with E-state index in [1.54, 1.807) is 18.3 Å². The van der Waals surface area contributed by atoms with Crippen molar-refractivity contribution >= 4 is 11.6 Å². The van der Waals surface area contributed by atoms with E-state index in [-0.39, 0.29) is 5.02 Å². The maximum atomic E-state index is 13.3. The molecule has 2 aromatic rings. The van der Waals surface area contributed by atoms with Crippen LogP contribution in [0.1, 0.15) is 17.1 Å². The second-order valence-corrected chi connectivity index (χ2v) is 4.24.